The van der Waals surface area contributed by atoms with Gasteiger partial charge in [0.25, 0.3) is 0 Å². The molecule has 1 amide bonds. The van der Waals surface area contributed by atoms with Crippen LogP contribution in [0.1, 0.15) is 32.4 Å². The second-order valence-corrected chi connectivity index (χ2v) is 5.32. The summed E-state index contributed by atoms with van der Waals surface area (Å²) in [6.07, 6.45) is -2.34. The molecule has 0 aliphatic heterocycles. The molecular weight excluding hydrogens is 278 g/mol. The number of benzene rings is 1. The van der Waals surface area contributed by atoms with Gasteiger partial charge in [-0.3, -0.25) is 5.32 Å². The minimum atomic E-state index is -1.70. The number of carbonyl (C=O) groups is 2. The summed E-state index contributed by atoms with van der Waals surface area (Å²) in [5, 5.41) is 20.8. The SMILES string of the molecule is COc1cc(NC(=O)OC(C)(C)C)ccc1C(O)C(=O)O. The van der Waals surface area contributed by atoms with E-state index in [0.29, 0.717) is 5.69 Å². The number of hydrogen-bond donors (Lipinski definition) is 3. The van der Waals surface area contributed by atoms with E-state index in [-0.39, 0.29) is 11.3 Å². The molecule has 7 nitrogen and oxygen atoms in total. The van der Waals surface area contributed by atoms with Crippen LogP contribution in [0.5, 0.6) is 5.75 Å². The van der Waals surface area contributed by atoms with Gasteiger partial charge in [0, 0.05) is 17.3 Å². The standard InChI is InChI=1S/C14H19NO6/c1-14(2,3)21-13(19)15-8-5-6-9(10(7-8)20-4)11(16)12(17)18/h5-7,11,16H,1-4H3,(H,15,19)(H,17,18). The first kappa shape index (κ1) is 16.8. The molecule has 1 rings (SSSR count). The van der Waals surface area contributed by atoms with Crippen LogP contribution in [0.2, 0.25) is 0 Å². The minimum absolute atomic E-state index is 0.0970. The van der Waals surface area contributed by atoms with E-state index in [4.69, 9.17) is 14.6 Å². The fourth-order valence-corrected chi connectivity index (χ4v) is 1.57. The van der Waals surface area contributed by atoms with Crippen molar-refractivity contribution >= 4 is 17.7 Å². The molecule has 0 bridgehead atoms. The first-order chi connectivity index (χ1) is 9.64. The number of rotatable bonds is 4. The summed E-state index contributed by atoms with van der Waals surface area (Å²) in [7, 11) is 1.34. The van der Waals surface area contributed by atoms with Gasteiger partial charge in [0.2, 0.25) is 0 Å². The van der Waals surface area contributed by atoms with Crippen LogP contribution in [-0.2, 0) is 9.53 Å². The Balaban J connectivity index is 2.92. The van der Waals surface area contributed by atoms with Crippen molar-refractivity contribution in [3.8, 4) is 5.75 Å². The van der Waals surface area contributed by atoms with E-state index in [1.807, 2.05) is 0 Å². The fraction of sp³-hybridized carbons (Fsp3) is 0.429. The second kappa shape index (κ2) is 6.45. The van der Waals surface area contributed by atoms with Crippen molar-refractivity contribution in [1.82, 2.24) is 0 Å². The maximum atomic E-state index is 11.6. The Morgan fingerprint density at radius 3 is 2.38 bits per heavy atom. The van der Waals surface area contributed by atoms with Gasteiger partial charge in [-0.2, -0.15) is 0 Å². The zero-order chi connectivity index (χ0) is 16.2. The minimum Gasteiger partial charge on any atom is -0.496 e. The first-order valence-corrected chi connectivity index (χ1v) is 6.23. The highest BCUT2D eigenvalue weighted by Crippen LogP contribution is 2.28. The topological polar surface area (TPSA) is 105 Å². The van der Waals surface area contributed by atoms with Crippen molar-refractivity contribution in [3.63, 3.8) is 0 Å². The van der Waals surface area contributed by atoms with Crippen molar-refractivity contribution in [2.45, 2.75) is 32.5 Å². The molecule has 7 heteroatoms. The van der Waals surface area contributed by atoms with E-state index in [0.717, 1.165) is 0 Å². The maximum absolute atomic E-state index is 11.6. The summed E-state index contributed by atoms with van der Waals surface area (Å²) in [5.74, 6) is -1.24. The molecule has 0 heterocycles. The smallest absolute Gasteiger partial charge is 0.412 e. The molecule has 21 heavy (non-hydrogen) atoms. The maximum Gasteiger partial charge on any atom is 0.412 e. The fourth-order valence-electron chi connectivity index (χ4n) is 1.57. The lowest BCUT2D eigenvalue weighted by molar-refractivity contribution is -0.147. The highest BCUT2D eigenvalue weighted by molar-refractivity contribution is 5.85. The molecule has 0 fully saturated rings. The third kappa shape index (κ3) is 4.96. The molecule has 0 spiro atoms. The highest BCUT2D eigenvalue weighted by Gasteiger charge is 2.21. The molecule has 1 unspecified atom stereocenters. The Kier molecular flexibility index (Phi) is 5.15. The van der Waals surface area contributed by atoms with Gasteiger partial charge in [0.1, 0.15) is 11.4 Å². The molecule has 1 aromatic rings. The van der Waals surface area contributed by atoms with E-state index in [1.54, 1.807) is 20.8 Å². The van der Waals surface area contributed by atoms with Gasteiger partial charge in [-0.05, 0) is 26.8 Å². The number of aliphatic hydroxyl groups excluding tert-OH is 1. The Morgan fingerprint density at radius 2 is 1.90 bits per heavy atom. The van der Waals surface area contributed by atoms with Crippen molar-refractivity contribution < 1.29 is 29.3 Å². The van der Waals surface area contributed by atoms with Crippen LogP contribution in [-0.4, -0.2) is 35.0 Å². The number of aliphatic hydroxyl groups is 1. The predicted molar refractivity (Wildman–Crippen MR) is 75.4 cm³/mol. The molecular formula is C14H19NO6. The number of amides is 1. The van der Waals surface area contributed by atoms with E-state index >= 15 is 0 Å². The Hall–Kier alpha value is -2.28. The quantitative estimate of drug-likeness (QED) is 0.786. The third-order valence-electron chi connectivity index (χ3n) is 2.41. The van der Waals surface area contributed by atoms with Crippen molar-refractivity contribution in [1.29, 1.82) is 0 Å². The molecule has 0 aliphatic carbocycles. The molecule has 0 saturated heterocycles. The van der Waals surface area contributed by atoms with E-state index in [2.05, 4.69) is 5.32 Å². The lowest BCUT2D eigenvalue weighted by atomic mass is 10.1. The first-order valence-electron chi connectivity index (χ1n) is 6.23. The Bertz CT molecular complexity index is 535. The van der Waals surface area contributed by atoms with Crippen LogP contribution < -0.4 is 10.1 Å². The van der Waals surface area contributed by atoms with Crippen LogP contribution in [0, 0.1) is 0 Å². The van der Waals surface area contributed by atoms with Gasteiger partial charge in [0.15, 0.2) is 6.10 Å². The van der Waals surface area contributed by atoms with E-state index in [1.165, 1.54) is 25.3 Å². The molecule has 0 radical (unpaired) electrons. The van der Waals surface area contributed by atoms with Gasteiger partial charge >= 0.3 is 12.1 Å². The van der Waals surface area contributed by atoms with Gasteiger partial charge in [0.05, 0.1) is 7.11 Å². The van der Waals surface area contributed by atoms with E-state index in [9.17, 15) is 14.7 Å². The summed E-state index contributed by atoms with van der Waals surface area (Å²) >= 11 is 0. The van der Waals surface area contributed by atoms with Crippen LogP contribution >= 0.6 is 0 Å². The molecule has 1 atom stereocenters. The number of carboxylic acids is 1. The Morgan fingerprint density at radius 1 is 1.29 bits per heavy atom. The number of anilines is 1. The lowest BCUT2D eigenvalue weighted by Crippen LogP contribution is -2.27. The molecule has 116 valence electrons. The summed E-state index contributed by atoms with van der Waals surface area (Å²) in [5.41, 5.74) is -0.171. The van der Waals surface area contributed by atoms with E-state index < -0.39 is 23.8 Å². The summed E-state index contributed by atoms with van der Waals surface area (Å²) in [6, 6.07) is 4.23. The number of carbonyl (C=O) groups excluding carboxylic acids is 1. The molecule has 0 aromatic heterocycles. The number of carboxylic acid groups (broad SMARTS) is 1. The van der Waals surface area contributed by atoms with Crippen LogP contribution in [0.15, 0.2) is 18.2 Å². The summed E-state index contributed by atoms with van der Waals surface area (Å²) < 4.78 is 10.1. The highest BCUT2D eigenvalue weighted by atomic mass is 16.6. The largest absolute Gasteiger partial charge is 0.496 e. The monoisotopic (exact) mass is 297 g/mol. The molecule has 3 N–H and O–H groups in total. The van der Waals surface area contributed by atoms with Gasteiger partial charge in [-0.1, -0.05) is 6.07 Å². The van der Waals surface area contributed by atoms with Crippen molar-refractivity contribution in [3.05, 3.63) is 23.8 Å². The predicted octanol–water partition coefficient (Wildman–Crippen LogP) is 2.16. The van der Waals surface area contributed by atoms with Gasteiger partial charge < -0.3 is 19.7 Å². The van der Waals surface area contributed by atoms with Crippen molar-refractivity contribution in [2.24, 2.45) is 0 Å². The Labute approximate surface area is 122 Å². The average Bonchev–Trinajstić information content (AvgIpc) is 2.35. The normalized spacial score (nSPS) is 12.4. The number of ether oxygens (including phenoxy) is 2. The summed E-state index contributed by atoms with van der Waals surface area (Å²) in [4.78, 5) is 22.4. The van der Waals surface area contributed by atoms with Crippen LogP contribution in [0.25, 0.3) is 0 Å². The average molecular weight is 297 g/mol. The summed E-state index contributed by atoms with van der Waals surface area (Å²) in [6.45, 7) is 5.21. The van der Waals surface area contributed by atoms with Crippen molar-refractivity contribution in [2.75, 3.05) is 12.4 Å². The zero-order valence-electron chi connectivity index (χ0n) is 12.3. The molecule has 0 saturated carbocycles. The number of hydrogen-bond acceptors (Lipinski definition) is 5. The molecule has 0 aliphatic rings. The number of methoxy groups -OCH3 is 1. The third-order valence-corrected chi connectivity index (χ3v) is 2.41. The van der Waals surface area contributed by atoms with Gasteiger partial charge in [-0.25, -0.2) is 9.59 Å². The number of aliphatic carboxylic acids is 1. The number of nitrogens with one attached hydrogen (secondary N) is 1. The molecule has 1 aromatic carbocycles. The van der Waals surface area contributed by atoms with Crippen LogP contribution in [0.3, 0.4) is 0 Å². The van der Waals surface area contributed by atoms with Crippen LogP contribution in [0.4, 0.5) is 10.5 Å². The second-order valence-electron chi connectivity index (χ2n) is 5.32. The zero-order valence-corrected chi connectivity index (χ0v) is 12.3. The van der Waals surface area contributed by atoms with Gasteiger partial charge in [-0.15, -0.1) is 0 Å². The lowest BCUT2D eigenvalue weighted by Gasteiger charge is -2.20.